The third-order valence-corrected chi connectivity index (χ3v) is 5.15. The van der Waals surface area contributed by atoms with Gasteiger partial charge in [0.1, 0.15) is 18.1 Å². The average Bonchev–Trinajstić information content (AvgIpc) is 2.81. The third-order valence-electron chi connectivity index (χ3n) is 5.15. The van der Waals surface area contributed by atoms with Crippen molar-refractivity contribution in [2.75, 3.05) is 20.3 Å². The standard InChI is InChI=1S/C19H27BO5/c1-18(2)19(3,4)25-20(24-18)14-6-8-15(9-7-14)23-13-17-12-16(21-5)10-11-22-17/h6-9,12,16H,10-11,13H2,1-5H3. The largest absolute Gasteiger partial charge is 0.494 e. The number of rotatable bonds is 5. The molecule has 0 spiro atoms. The van der Waals surface area contributed by atoms with E-state index in [4.69, 9.17) is 23.5 Å². The Morgan fingerprint density at radius 3 is 2.32 bits per heavy atom. The fraction of sp³-hybridized carbons (Fsp3) is 0.579. The smallest absolute Gasteiger partial charge is 0.494 e. The van der Waals surface area contributed by atoms with E-state index < -0.39 is 0 Å². The number of hydrogen-bond donors (Lipinski definition) is 0. The Kier molecular flexibility index (Phi) is 5.14. The number of hydrogen-bond acceptors (Lipinski definition) is 5. The Morgan fingerprint density at radius 2 is 1.72 bits per heavy atom. The summed E-state index contributed by atoms with van der Waals surface area (Å²) in [5.74, 6) is 1.59. The van der Waals surface area contributed by atoms with Crippen LogP contribution in [-0.2, 0) is 18.8 Å². The van der Waals surface area contributed by atoms with E-state index in [0.717, 1.165) is 23.4 Å². The molecule has 2 aliphatic rings. The van der Waals surface area contributed by atoms with Gasteiger partial charge in [0.25, 0.3) is 0 Å². The predicted octanol–water partition coefficient (Wildman–Crippen LogP) is 2.68. The molecule has 2 aliphatic heterocycles. The lowest BCUT2D eigenvalue weighted by Crippen LogP contribution is -2.41. The lowest BCUT2D eigenvalue weighted by molar-refractivity contribution is 0.00578. The summed E-state index contributed by atoms with van der Waals surface area (Å²) in [6.07, 6.45) is 2.96. The highest BCUT2D eigenvalue weighted by molar-refractivity contribution is 6.62. The van der Waals surface area contributed by atoms with Crippen LogP contribution in [0, 0.1) is 0 Å². The fourth-order valence-corrected chi connectivity index (χ4v) is 2.78. The van der Waals surface area contributed by atoms with Gasteiger partial charge in [-0.05, 0) is 51.4 Å². The highest BCUT2D eigenvalue weighted by Crippen LogP contribution is 2.36. The summed E-state index contributed by atoms with van der Waals surface area (Å²) in [6, 6.07) is 7.81. The Balaban J connectivity index is 1.59. The van der Waals surface area contributed by atoms with Gasteiger partial charge in [-0.3, -0.25) is 0 Å². The van der Waals surface area contributed by atoms with Gasteiger partial charge in [-0.1, -0.05) is 12.1 Å². The normalized spacial score (nSPS) is 24.6. The second kappa shape index (κ2) is 7.02. The van der Waals surface area contributed by atoms with Gasteiger partial charge in [-0.2, -0.15) is 0 Å². The minimum Gasteiger partial charge on any atom is -0.494 e. The van der Waals surface area contributed by atoms with E-state index in [1.165, 1.54) is 0 Å². The second-order valence-electron chi connectivity index (χ2n) is 7.49. The highest BCUT2D eigenvalue weighted by atomic mass is 16.7. The molecule has 3 rings (SSSR count). The molecule has 0 saturated carbocycles. The van der Waals surface area contributed by atoms with E-state index in [0.29, 0.717) is 13.2 Å². The van der Waals surface area contributed by atoms with E-state index in [1.807, 2.05) is 30.3 Å². The van der Waals surface area contributed by atoms with Crippen LogP contribution in [-0.4, -0.2) is 44.7 Å². The van der Waals surface area contributed by atoms with Crippen molar-refractivity contribution in [1.82, 2.24) is 0 Å². The van der Waals surface area contributed by atoms with Crippen molar-refractivity contribution in [1.29, 1.82) is 0 Å². The maximum absolute atomic E-state index is 6.06. The summed E-state index contributed by atoms with van der Waals surface area (Å²) >= 11 is 0. The van der Waals surface area contributed by atoms with Crippen molar-refractivity contribution in [2.24, 2.45) is 0 Å². The first-order valence-electron chi connectivity index (χ1n) is 8.75. The predicted molar refractivity (Wildman–Crippen MR) is 97.1 cm³/mol. The Hall–Kier alpha value is -1.50. The van der Waals surface area contributed by atoms with Crippen molar-refractivity contribution in [3.63, 3.8) is 0 Å². The van der Waals surface area contributed by atoms with E-state index in [9.17, 15) is 0 Å². The van der Waals surface area contributed by atoms with E-state index in [2.05, 4.69) is 27.7 Å². The van der Waals surface area contributed by atoms with Crippen LogP contribution in [0.3, 0.4) is 0 Å². The zero-order chi connectivity index (χ0) is 18.1. The van der Waals surface area contributed by atoms with E-state index in [1.54, 1.807) is 7.11 Å². The van der Waals surface area contributed by atoms with Gasteiger partial charge in [0.05, 0.1) is 23.9 Å². The van der Waals surface area contributed by atoms with Gasteiger partial charge in [-0.15, -0.1) is 0 Å². The Bertz CT molecular complexity index is 607. The summed E-state index contributed by atoms with van der Waals surface area (Å²) in [5.41, 5.74) is 0.309. The van der Waals surface area contributed by atoms with Gasteiger partial charge in [0, 0.05) is 13.5 Å². The molecule has 5 nitrogen and oxygen atoms in total. The van der Waals surface area contributed by atoms with Crippen molar-refractivity contribution >= 4 is 12.6 Å². The van der Waals surface area contributed by atoms with Gasteiger partial charge < -0.3 is 23.5 Å². The van der Waals surface area contributed by atoms with Crippen LogP contribution >= 0.6 is 0 Å². The van der Waals surface area contributed by atoms with Crippen LogP contribution in [0.1, 0.15) is 34.1 Å². The minimum atomic E-state index is -0.356. The van der Waals surface area contributed by atoms with Gasteiger partial charge in [0.15, 0.2) is 0 Å². The van der Waals surface area contributed by atoms with Crippen LogP contribution < -0.4 is 10.2 Å². The van der Waals surface area contributed by atoms with Crippen LogP contribution in [0.25, 0.3) is 0 Å². The molecule has 1 fully saturated rings. The fourth-order valence-electron chi connectivity index (χ4n) is 2.78. The van der Waals surface area contributed by atoms with Gasteiger partial charge >= 0.3 is 7.12 Å². The van der Waals surface area contributed by atoms with Crippen LogP contribution in [0.5, 0.6) is 5.75 Å². The van der Waals surface area contributed by atoms with Gasteiger partial charge in [0.2, 0.25) is 0 Å². The van der Waals surface area contributed by atoms with Crippen molar-refractivity contribution < 1.29 is 23.5 Å². The quantitative estimate of drug-likeness (QED) is 0.767. The molecule has 0 amide bonds. The van der Waals surface area contributed by atoms with Crippen molar-refractivity contribution in [3.05, 3.63) is 36.1 Å². The molecular formula is C19H27BO5. The maximum Gasteiger partial charge on any atom is 0.494 e. The molecule has 0 aliphatic carbocycles. The molecule has 25 heavy (non-hydrogen) atoms. The topological polar surface area (TPSA) is 46.2 Å². The first-order chi connectivity index (χ1) is 11.8. The van der Waals surface area contributed by atoms with Gasteiger partial charge in [-0.25, -0.2) is 0 Å². The highest BCUT2D eigenvalue weighted by Gasteiger charge is 2.51. The molecule has 0 N–H and O–H groups in total. The molecule has 6 heteroatoms. The van der Waals surface area contributed by atoms with E-state index in [-0.39, 0.29) is 24.4 Å². The summed E-state index contributed by atoms with van der Waals surface area (Å²) in [4.78, 5) is 0. The van der Waals surface area contributed by atoms with Crippen molar-refractivity contribution in [3.8, 4) is 5.75 Å². The third kappa shape index (κ3) is 4.02. The second-order valence-corrected chi connectivity index (χ2v) is 7.49. The lowest BCUT2D eigenvalue weighted by Gasteiger charge is -2.32. The van der Waals surface area contributed by atoms with Crippen molar-refractivity contribution in [2.45, 2.75) is 51.4 Å². The summed E-state index contributed by atoms with van der Waals surface area (Å²) in [6.45, 7) is 9.26. The summed E-state index contributed by atoms with van der Waals surface area (Å²) < 4.78 is 28.9. The Morgan fingerprint density at radius 1 is 1.08 bits per heavy atom. The van der Waals surface area contributed by atoms with Crippen LogP contribution in [0.2, 0.25) is 0 Å². The zero-order valence-electron chi connectivity index (χ0n) is 15.7. The summed E-state index contributed by atoms with van der Waals surface area (Å²) in [7, 11) is 1.35. The monoisotopic (exact) mass is 346 g/mol. The molecule has 1 aromatic carbocycles. The molecule has 136 valence electrons. The molecule has 0 bridgehead atoms. The lowest BCUT2D eigenvalue weighted by atomic mass is 9.79. The van der Waals surface area contributed by atoms with Crippen LogP contribution in [0.4, 0.5) is 0 Å². The molecule has 0 radical (unpaired) electrons. The van der Waals surface area contributed by atoms with E-state index >= 15 is 0 Å². The van der Waals surface area contributed by atoms with Crippen LogP contribution in [0.15, 0.2) is 36.1 Å². The average molecular weight is 346 g/mol. The molecule has 0 aromatic heterocycles. The SMILES string of the molecule is COC1C=C(COc2ccc(B3OC(C)(C)C(C)(C)O3)cc2)OCC1. The molecule has 1 unspecified atom stereocenters. The first kappa shape index (κ1) is 18.3. The Labute approximate surface area is 150 Å². The molecule has 1 aromatic rings. The number of methoxy groups -OCH3 is 1. The minimum absolute atomic E-state index is 0.109. The summed E-state index contributed by atoms with van der Waals surface area (Å²) in [5, 5.41) is 0. The zero-order valence-corrected chi connectivity index (χ0v) is 15.7. The molecule has 2 heterocycles. The maximum atomic E-state index is 6.06. The molecule has 1 atom stereocenters. The number of ether oxygens (including phenoxy) is 3. The number of benzene rings is 1. The molecule has 1 saturated heterocycles. The molecular weight excluding hydrogens is 319 g/mol. The first-order valence-corrected chi connectivity index (χ1v) is 8.75.